The van der Waals surface area contributed by atoms with Crippen LogP contribution >= 0.6 is 15.9 Å². The Kier molecular flexibility index (Phi) is 7.70. The van der Waals surface area contributed by atoms with Crippen LogP contribution in [0, 0.1) is 0 Å². The van der Waals surface area contributed by atoms with Crippen molar-refractivity contribution in [3.63, 3.8) is 0 Å². The highest BCUT2D eigenvalue weighted by Gasteiger charge is 2.20. The minimum atomic E-state index is -0.391. The van der Waals surface area contributed by atoms with Crippen LogP contribution in [0.15, 0.2) is 77.3 Å². The number of anilines is 1. The molecule has 0 aliphatic heterocycles. The zero-order valence-electron chi connectivity index (χ0n) is 18.4. The van der Waals surface area contributed by atoms with Gasteiger partial charge in [-0.25, -0.2) is 0 Å². The van der Waals surface area contributed by atoms with E-state index in [0.717, 1.165) is 16.5 Å². The average Bonchev–Trinajstić information content (AvgIpc) is 2.74. The first kappa shape index (κ1) is 23.5. The first-order chi connectivity index (χ1) is 15.2. The molecule has 0 saturated heterocycles. The van der Waals surface area contributed by atoms with Gasteiger partial charge in [-0.2, -0.15) is 0 Å². The largest absolute Gasteiger partial charge is 0.492 e. The highest BCUT2D eigenvalue weighted by Crippen LogP contribution is 2.26. The van der Waals surface area contributed by atoms with Crippen LogP contribution in [0.5, 0.6) is 5.75 Å². The molecule has 0 spiro atoms. The van der Waals surface area contributed by atoms with Gasteiger partial charge < -0.3 is 15.4 Å². The minimum Gasteiger partial charge on any atom is -0.492 e. The Balaban J connectivity index is 1.77. The summed E-state index contributed by atoms with van der Waals surface area (Å²) in [5, 5.41) is 5.80. The Morgan fingerprint density at radius 1 is 0.875 bits per heavy atom. The molecule has 3 aromatic carbocycles. The second kappa shape index (κ2) is 10.5. The number of carbonyl (C=O) groups excluding carboxylic acids is 2. The van der Waals surface area contributed by atoms with Gasteiger partial charge in [0.15, 0.2) is 0 Å². The van der Waals surface area contributed by atoms with Crippen LogP contribution in [0.3, 0.4) is 0 Å². The summed E-state index contributed by atoms with van der Waals surface area (Å²) in [6.45, 7) is 6.17. The van der Waals surface area contributed by atoms with Crippen LogP contribution in [0.1, 0.15) is 47.1 Å². The van der Waals surface area contributed by atoms with Gasteiger partial charge in [0, 0.05) is 16.4 Å². The maximum Gasteiger partial charge on any atom is 0.259 e. The standard InChI is InChI=1S/C26H27BrN2O3/c1-26(2,3)29-25(31)20-11-7-8-12-22(20)28-24(30)21-17-19(27)13-14-23(21)32-16-15-18-9-5-4-6-10-18/h4-14,17H,15-16H2,1-3H3,(H,28,30)(H,29,31). The number of benzene rings is 3. The Morgan fingerprint density at radius 2 is 1.56 bits per heavy atom. The van der Waals surface area contributed by atoms with Crippen molar-refractivity contribution in [1.29, 1.82) is 0 Å². The van der Waals surface area contributed by atoms with E-state index in [1.54, 1.807) is 36.4 Å². The monoisotopic (exact) mass is 494 g/mol. The zero-order valence-corrected chi connectivity index (χ0v) is 20.0. The average molecular weight is 495 g/mol. The van der Waals surface area contributed by atoms with Gasteiger partial charge in [-0.3, -0.25) is 9.59 Å². The second-order valence-corrected chi connectivity index (χ2v) is 9.34. The van der Waals surface area contributed by atoms with Crippen LogP contribution in [-0.2, 0) is 6.42 Å². The van der Waals surface area contributed by atoms with Crippen molar-refractivity contribution in [2.45, 2.75) is 32.7 Å². The van der Waals surface area contributed by atoms with Crippen molar-refractivity contribution in [2.75, 3.05) is 11.9 Å². The van der Waals surface area contributed by atoms with E-state index >= 15 is 0 Å². The molecule has 0 fully saturated rings. The lowest BCUT2D eigenvalue weighted by molar-refractivity contribution is 0.0920. The maximum absolute atomic E-state index is 13.1. The predicted molar refractivity (Wildman–Crippen MR) is 131 cm³/mol. The van der Waals surface area contributed by atoms with E-state index in [1.807, 2.05) is 57.2 Å². The van der Waals surface area contributed by atoms with Gasteiger partial charge in [-0.1, -0.05) is 58.4 Å². The van der Waals surface area contributed by atoms with Crippen LogP contribution in [-0.4, -0.2) is 24.0 Å². The van der Waals surface area contributed by atoms with E-state index in [4.69, 9.17) is 4.74 Å². The fourth-order valence-electron chi connectivity index (χ4n) is 3.12. The van der Waals surface area contributed by atoms with E-state index in [-0.39, 0.29) is 11.8 Å². The van der Waals surface area contributed by atoms with E-state index in [2.05, 4.69) is 26.6 Å². The summed E-state index contributed by atoms with van der Waals surface area (Å²) in [5.74, 6) is -0.114. The maximum atomic E-state index is 13.1. The molecule has 32 heavy (non-hydrogen) atoms. The molecule has 166 valence electrons. The molecule has 0 aliphatic carbocycles. The SMILES string of the molecule is CC(C)(C)NC(=O)c1ccccc1NC(=O)c1cc(Br)ccc1OCCc1ccccc1. The number of ether oxygens (including phenoxy) is 1. The quantitative estimate of drug-likeness (QED) is 0.432. The Labute approximate surface area is 197 Å². The first-order valence-electron chi connectivity index (χ1n) is 10.4. The van der Waals surface area contributed by atoms with Gasteiger partial charge in [-0.05, 0) is 56.7 Å². The van der Waals surface area contributed by atoms with Crippen molar-refractivity contribution in [3.05, 3.63) is 94.0 Å². The third kappa shape index (κ3) is 6.69. The lowest BCUT2D eigenvalue weighted by atomic mass is 10.1. The molecule has 0 unspecified atom stereocenters. The van der Waals surface area contributed by atoms with Crippen molar-refractivity contribution in [1.82, 2.24) is 5.32 Å². The van der Waals surface area contributed by atoms with Crippen LogP contribution < -0.4 is 15.4 Å². The number of amides is 2. The molecule has 2 amide bonds. The van der Waals surface area contributed by atoms with E-state index in [0.29, 0.717) is 29.2 Å². The lowest BCUT2D eigenvalue weighted by Crippen LogP contribution is -2.40. The molecular weight excluding hydrogens is 468 g/mol. The molecule has 5 nitrogen and oxygen atoms in total. The number of hydrogen-bond acceptors (Lipinski definition) is 3. The molecule has 3 rings (SSSR count). The summed E-state index contributed by atoms with van der Waals surface area (Å²) in [5.41, 5.74) is 2.00. The van der Waals surface area contributed by atoms with Crippen molar-refractivity contribution in [3.8, 4) is 5.75 Å². The highest BCUT2D eigenvalue weighted by molar-refractivity contribution is 9.10. The van der Waals surface area contributed by atoms with E-state index in [1.165, 1.54) is 0 Å². The number of para-hydroxylation sites is 1. The van der Waals surface area contributed by atoms with Crippen LogP contribution in [0.4, 0.5) is 5.69 Å². The third-order valence-electron chi connectivity index (χ3n) is 4.59. The molecule has 0 radical (unpaired) electrons. The zero-order chi connectivity index (χ0) is 23.1. The molecule has 3 aromatic rings. The first-order valence-corrected chi connectivity index (χ1v) is 11.2. The highest BCUT2D eigenvalue weighted by atomic mass is 79.9. The van der Waals surface area contributed by atoms with Crippen LogP contribution in [0.25, 0.3) is 0 Å². The van der Waals surface area contributed by atoms with E-state index in [9.17, 15) is 9.59 Å². The molecule has 6 heteroatoms. The summed E-state index contributed by atoms with van der Waals surface area (Å²) >= 11 is 3.43. The van der Waals surface area contributed by atoms with Crippen molar-refractivity contribution >= 4 is 33.4 Å². The number of hydrogen-bond donors (Lipinski definition) is 2. The summed E-state index contributed by atoms with van der Waals surface area (Å²) in [6, 6.07) is 22.3. The van der Waals surface area contributed by atoms with Gasteiger partial charge in [0.1, 0.15) is 5.75 Å². The molecule has 0 saturated carbocycles. The normalized spacial score (nSPS) is 11.0. The Hall–Kier alpha value is -3.12. The van der Waals surface area contributed by atoms with Gasteiger partial charge in [0.05, 0.1) is 23.4 Å². The molecule has 0 aliphatic rings. The second-order valence-electron chi connectivity index (χ2n) is 8.43. The van der Waals surface area contributed by atoms with Crippen LogP contribution in [0.2, 0.25) is 0 Å². The van der Waals surface area contributed by atoms with Gasteiger partial charge in [0.2, 0.25) is 0 Å². The number of carbonyl (C=O) groups is 2. The summed E-state index contributed by atoms with van der Waals surface area (Å²) in [6.07, 6.45) is 0.730. The summed E-state index contributed by atoms with van der Waals surface area (Å²) in [7, 11) is 0. The molecule has 0 atom stereocenters. The number of halogens is 1. The van der Waals surface area contributed by atoms with Gasteiger partial charge >= 0.3 is 0 Å². The van der Waals surface area contributed by atoms with Crippen molar-refractivity contribution in [2.24, 2.45) is 0 Å². The summed E-state index contributed by atoms with van der Waals surface area (Å²) < 4.78 is 6.70. The minimum absolute atomic E-state index is 0.248. The number of rotatable bonds is 7. The third-order valence-corrected chi connectivity index (χ3v) is 5.08. The van der Waals surface area contributed by atoms with E-state index < -0.39 is 5.54 Å². The summed E-state index contributed by atoms with van der Waals surface area (Å²) in [4.78, 5) is 25.8. The molecule has 0 aromatic heterocycles. The molecular formula is C26H27BrN2O3. The number of nitrogens with one attached hydrogen (secondary N) is 2. The topological polar surface area (TPSA) is 67.4 Å². The predicted octanol–water partition coefficient (Wildman–Crippen LogP) is 5.85. The van der Waals surface area contributed by atoms with Crippen molar-refractivity contribution < 1.29 is 14.3 Å². The smallest absolute Gasteiger partial charge is 0.259 e. The fraction of sp³-hybridized carbons (Fsp3) is 0.231. The fourth-order valence-corrected chi connectivity index (χ4v) is 3.48. The Bertz CT molecular complexity index is 1090. The molecule has 0 bridgehead atoms. The Morgan fingerprint density at radius 3 is 2.28 bits per heavy atom. The van der Waals surface area contributed by atoms with Gasteiger partial charge in [-0.15, -0.1) is 0 Å². The molecule has 2 N–H and O–H groups in total. The molecule has 0 heterocycles. The van der Waals surface area contributed by atoms with Gasteiger partial charge in [0.25, 0.3) is 11.8 Å². The lowest BCUT2D eigenvalue weighted by Gasteiger charge is -2.21.